The zero-order valence-corrected chi connectivity index (χ0v) is 12.0. The Kier molecular flexibility index (Phi) is 3.88. The van der Waals surface area contributed by atoms with E-state index in [0.717, 1.165) is 17.5 Å². The van der Waals surface area contributed by atoms with Gasteiger partial charge in [-0.05, 0) is 24.5 Å². The Morgan fingerprint density at radius 3 is 2.25 bits per heavy atom. The second-order valence-corrected chi connectivity index (χ2v) is 5.81. The van der Waals surface area contributed by atoms with E-state index in [9.17, 15) is 13.2 Å². The third-order valence-electron chi connectivity index (χ3n) is 3.22. The molecule has 6 heteroatoms. The number of benzene rings is 1. The number of nitrogens with two attached hydrogens (primary N) is 1. The number of aryl methyl sites for hydroxylation is 1. The van der Waals surface area contributed by atoms with Crippen molar-refractivity contribution >= 4 is 11.3 Å². The molecule has 0 saturated carbocycles. The Morgan fingerprint density at radius 1 is 1.20 bits per heavy atom. The molecule has 0 spiro atoms. The molecule has 20 heavy (non-hydrogen) atoms. The van der Waals surface area contributed by atoms with Crippen molar-refractivity contribution in [2.75, 3.05) is 0 Å². The van der Waals surface area contributed by atoms with Crippen molar-refractivity contribution in [1.82, 2.24) is 4.98 Å². The van der Waals surface area contributed by atoms with E-state index in [1.807, 2.05) is 31.2 Å². The zero-order chi connectivity index (χ0) is 15.0. The molecule has 0 aliphatic heterocycles. The molecule has 2 rings (SSSR count). The van der Waals surface area contributed by atoms with Crippen molar-refractivity contribution in [1.29, 1.82) is 0 Å². The predicted octanol–water partition coefficient (Wildman–Crippen LogP) is 3.95. The lowest BCUT2D eigenvalue weighted by Crippen LogP contribution is -2.33. The number of nitrogens with zero attached hydrogens (tertiary/aromatic N) is 1. The van der Waals surface area contributed by atoms with Crippen LogP contribution in [0.5, 0.6) is 0 Å². The van der Waals surface area contributed by atoms with Gasteiger partial charge in [-0.1, -0.05) is 31.2 Å². The molecule has 1 atom stereocenters. The van der Waals surface area contributed by atoms with Gasteiger partial charge in [-0.15, -0.1) is 11.3 Å². The van der Waals surface area contributed by atoms with E-state index >= 15 is 0 Å². The van der Waals surface area contributed by atoms with Gasteiger partial charge in [-0.2, -0.15) is 13.2 Å². The first-order valence-electron chi connectivity index (χ1n) is 6.17. The van der Waals surface area contributed by atoms with Crippen molar-refractivity contribution < 1.29 is 13.2 Å². The quantitative estimate of drug-likeness (QED) is 0.932. The molecule has 2 nitrogen and oxygen atoms in total. The van der Waals surface area contributed by atoms with E-state index in [2.05, 4.69) is 4.98 Å². The second kappa shape index (κ2) is 5.18. The lowest BCUT2D eigenvalue weighted by Gasteiger charge is -2.23. The molecule has 0 fully saturated rings. The minimum atomic E-state index is -4.43. The lowest BCUT2D eigenvalue weighted by atomic mass is 9.91. The smallest absolute Gasteiger partial charge is 0.317 e. The maximum atomic E-state index is 12.6. The fourth-order valence-corrected chi connectivity index (χ4v) is 2.74. The van der Waals surface area contributed by atoms with Gasteiger partial charge < -0.3 is 5.73 Å². The van der Waals surface area contributed by atoms with Gasteiger partial charge in [0.05, 0.1) is 5.54 Å². The number of rotatable bonds is 3. The van der Waals surface area contributed by atoms with Gasteiger partial charge in [-0.3, -0.25) is 0 Å². The highest BCUT2D eigenvalue weighted by Crippen LogP contribution is 2.37. The van der Waals surface area contributed by atoms with Gasteiger partial charge >= 0.3 is 6.18 Å². The number of thiazole rings is 1. The minimum Gasteiger partial charge on any atom is -0.317 e. The van der Waals surface area contributed by atoms with Gasteiger partial charge in [0.1, 0.15) is 0 Å². The van der Waals surface area contributed by atoms with E-state index in [1.165, 1.54) is 6.20 Å². The molecule has 1 aromatic carbocycles. The second-order valence-electron chi connectivity index (χ2n) is 4.78. The predicted molar refractivity (Wildman–Crippen MR) is 73.6 cm³/mol. The zero-order valence-electron chi connectivity index (χ0n) is 11.2. The first kappa shape index (κ1) is 15.0. The Labute approximate surface area is 119 Å². The molecule has 0 aliphatic rings. The molecule has 2 N–H and O–H groups in total. The largest absolute Gasteiger partial charge is 0.443 e. The van der Waals surface area contributed by atoms with Crippen LogP contribution < -0.4 is 5.73 Å². The van der Waals surface area contributed by atoms with Crippen LogP contribution in [0.3, 0.4) is 0 Å². The van der Waals surface area contributed by atoms with Crippen molar-refractivity contribution in [3.63, 3.8) is 0 Å². The molecule has 0 amide bonds. The van der Waals surface area contributed by atoms with Crippen LogP contribution >= 0.6 is 11.3 Å². The summed E-state index contributed by atoms with van der Waals surface area (Å²) >= 11 is 0.590. The van der Waals surface area contributed by atoms with E-state index in [0.29, 0.717) is 16.2 Å². The highest BCUT2D eigenvalue weighted by molar-refractivity contribution is 7.11. The van der Waals surface area contributed by atoms with E-state index in [-0.39, 0.29) is 0 Å². The Bertz CT molecular complexity index is 585. The molecule has 1 aromatic heterocycles. The summed E-state index contributed by atoms with van der Waals surface area (Å²) in [6, 6.07) is 7.58. The molecule has 1 unspecified atom stereocenters. The van der Waals surface area contributed by atoms with Gasteiger partial charge in [-0.25, -0.2) is 4.98 Å². The van der Waals surface area contributed by atoms with Crippen LogP contribution in [0.25, 0.3) is 0 Å². The van der Waals surface area contributed by atoms with Gasteiger partial charge in [0, 0.05) is 11.1 Å². The molecule has 0 radical (unpaired) electrons. The molecule has 0 saturated heterocycles. The summed E-state index contributed by atoms with van der Waals surface area (Å²) in [6.45, 7) is 3.73. The number of hydrogen-bond donors (Lipinski definition) is 1. The number of halogens is 3. The molecular formula is C14H15F3N2S. The summed E-state index contributed by atoms with van der Waals surface area (Å²) in [5.74, 6) is 0. The van der Waals surface area contributed by atoms with Crippen molar-refractivity contribution in [2.45, 2.75) is 32.0 Å². The molecule has 0 aliphatic carbocycles. The lowest BCUT2D eigenvalue weighted by molar-refractivity contribution is -0.137. The number of aromatic nitrogens is 1. The van der Waals surface area contributed by atoms with Crippen LogP contribution in [0, 0.1) is 0 Å². The van der Waals surface area contributed by atoms with Crippen LogP contribution in [-0.4, -0.2) is 4.98 Å². The summed E-state index contributed by atoms with van der Waals surface area (Å²) in [5, 5.41) is -0.866. The maximum Gasteiger partial charge on any atom is 0.443 e. The van der Waals surface area contributed by atoms with Crippen molar-refractivity contribution in [3.05, 3.63) is 51.5 Å². The number of alkyl halides is 3. The minimum absolute atomic E-state index is 0.397. The van der Waals surface area contributed by atoms with Crippen LogP contribution in [0.15, 0.2) is 30.5 Å². The topological polar surface area (TPSA) is 38.9 Å². The molecule has 1 heterocycles. The third-order valence-corrected chi connectivity index (χ3v) is 4.50. The first-order valence-corrected chi connectivity index (χ1v) is 6.98. The van der Waals surface area contributed by atoms with Gasteiger partial charge in [0.15, 0.2) is 5.01 Å². The van der Waals surface area contributed by atoms with Crippen LogP contribution in [0.1, 0.15) is 34.9 Å². The fraction of sp³-hybridized carbons (Fsp3) is 0.357. The molecule has 2 aromatic rings. The monoisotopic (exact) mass is 300 g/mol. The first-order chi connectivity index (χ1) is 9.25. The van der Waals surface area contributed by atoms with E-state index in [1.54, 1.807) is 6.92 Å². The molecule has 0 bridgehead atoms. The molecular weight excluding hydrogens is 285 g/mol. The van der Waals surface area contributed by atoms with Gasteiger partial charge in [0.25, 0.3) is 0 Å². The van der Waals surface area contributed by atoms with E-state index in [4.69, 9.17) is 5.73 Å². The summed E-state index contributed by atoms with van der Waals surface area (Å²) in [4.78, 5) is 3.82. The third kappa shape index (κ3) is 2.86. The van der Waals surface area contributed by atoms with Crippen LogP contribution in [0.2, 0.25) is 0 Å². The Morgan fingerprint density at radius 2 is 1.80 bits per heavy atom. The highest BCUT2D eigenvalue weighted by atomic mass is 32.1. The normalized spacial score (nSPS) is 15.1. The summed E-state index contributed by atoms with van der Waals surface area (Å²) in [7, 11) is 0. The van der Waals surface area contributed by atoms with Crippen molar-refractivity contribution in [2.24, 2.45) is 5.73 Å². The maximum absolute atomic E-state index is 12.6. The average molecular weight is 300 g/mol. The SMILES string of the molecule is CCc1ccc(C(C)(N)c2cnc(C(F)(F)F)s2)cc1. The standard InChI is InChI=1S/C14H15F3N2S/c1-3-9-4-6-10(7-5-9)13(2,18)11-8-19-12(20-11)14(15,16)17/h4-8H,3,18H2,1-2H3. The Balaban J connectivity index is 2.35. The number of hydrogen-bond acceptors (Lipinski definition) is 3. The van der Waals surface area contributed by atoms with Gasteiger partial charge in [0.2, 0.25) is 0 Å². The molecule has 108 valence electrons. The summed E-state index contributed by atoms with van der Waals surface area (Å²) in [5.41, 5.74) is 7.16. The average Bonchev–Trinajstić information content (AvgIpc) is 2.89. The summed E-state index contributed by atoms with van der Waals surface area (Å²) in [6.07, 6.45) is -2.31. The Hall–Kier alpha value is -1.40. The van der Waals surface area contributed by atoms with E-state index < -0.39 is 16.7 Å². The van der Waals surface area contributed by atoms with Crippen LogP contribution in [0.4, 0.5) is 13.2 Å². The summed E-state index contributed by atoms with van der Waals surface area (Å²) < 4.78 is 37.8. The van der Waals surface area contributed by atoms with Crippen LogP contribution in [-0.2, 0) is 18.1 Å². The van der Waals surface area contributed by atoms with Crippen molar-refractivity contribution in [3.8, 4) is 0 Å². The fourth-order valence-electron chi connectivity index (χ4n) is 1.87. The highest BCUT2D eigenvalue weighted by Gasteiger charge is 2.37.